The van der Waals surface area contributed by atoms with E-state index in [-0.39, 0.29) is 5.41 Å². The van der Waals surface area contributed by atoms with Crippen molar-refractivity contribution >= 4 is 0 Å². The molecule has 0 heterocycles. The number of aliphatic hydroxyl groups is 1. The van der Waals surface area contributed by atoms with Crippen LogP contribution in [0.1, 0.15) is 136 Å². The maximum Gasteiger partial charge on any atom is 0.0653 e. The Morgan fingerprint density at radius 3 is 2.00 bits per heavy atom. The summed E-state index contributed by atoms with van der Waals surface area (Å²) in [6, 6.07) is 9.15. The second-order valence-electron chi connectivity index (χ2n) is 15.9. The Kier molecular flexibility index (Phi) is 6.59. The van der Waals surface area contributed by atoms with Crippen molar-refractivity contribution in [1.29, 1.82) is 0 Å². The number of hydrogen-bond acceptors (Lipinski definition) is 1. The van der Waals surface area contributed by atoms with Gasteiger partial charge in [0, 0.05) is 0 Å². The first-order valence-corrected chi connectivity index (χ1v) is 15.5. The highest BCUT2D eigenvalue weighted by Crippen LogP contribution is 2.74. The molecule has 0 aliphatic heterocycles. The van der Waals surface area contributed by atoms with Crippen molar-refractivity contribution in [2.45, 2.75) is 138 Å². The summed E-state index contributed by atoms with van der Waals surface area (Å²) in [5, 5.41) is 11.8. The molecule has 4 saturated carbocycles. The van der Waals surface area contributed by atoms with Crippen molar-refractivity contribution < 1.29 is 5.11 Å². The molecule has 202 valence electrons. The van der Waals surface area contributed by atoms with Crippen LogP contribution in [0.25, 0.3) is 0 Å². The molecule has 4 aliphatic carbocycles. The van der Waals surface area contributed by atoms with Gasteiger partial charge in [0.25, 0.3) is 0 Å². The van der Waals surface area contributed by atoms with Crippen molar-refractivity contribution in [2.24, 2.45) is 45.3 Å². The fourth-order valence-corrected chi connectivity index (χ4v) is 11.7. The third kappa shape index (κ3) is 4.04. The molecule has 0 spiro atoms. The topological polar surface area (TPSA) is 20.2 Å². The van der Waals surface area contributed by atoms with E-state index in [1.54, 1.807) is 0 Å². The molecule has 0 amide bonds. The highest BCUT2D eigenvalue weighted by atomic mass is 16.3. The largest absolute Gasteiger partial charge is 0.390 e. The molecule has 9 unspecified atom stereocenters. The van der Waals surface area contributed by atoms with Gasteiger partial charge in [-0.05, 0) is 135 Å². The smallest absolute Gasteiger partial charge is 0.0653 e. The van der Waals surface area contributed by atoms with Crippen LogP contribution in [0.2, 0.25) is 0 Å². The highest BCUT2D eigenvalue weighted by Gasteiger charge is 2.67. The van der Waals surface area contributed by atoms with E-state index in [4.69, 9.17) is 0 Å². The monoisotopic (exact) mass is 492 g/mol. The first kappa shape index (κ1) is 26.8. The molecule has 1 nitrogen and oxygen atoms in total. The maximum atomic E-state index is 11.8. The number of fused-ring (bicyclic) bond motifs is 5. The van der Waals surface area contributed by atoms with E-state index >= 15 is 0 Å². The molecule has 5 rings (SSSR count). The van der Waals surface area contributed by atoms with E-state index < -0.39 is 5.60 Å². The molecule has 0 bridgehead atoms. The molecule has 1 heteroatoms. The Morgan fingerprint density at radius 2 is 1.31 bits per heavy atom. The van der Waals surface area contributed by atoms with Crippen molar-refractivity contribution in [3.8, 4) is 0 Å². The summed E-state index contributed by atoms with van der Waals surface area (Å²) < 4.78 is 0. The van der Waals surface area contributed by atoms with Gasteiger partial charge in [0.2, 0.25) is 0 Å². The van der Waals surface area contributed by atoms with Crippen molar-refractivity contribution in [3.63, 3.8) is 0 Å². The van der Waals surface area contributed by atoms with Crippen LogP contribution in [0.5, 0.6) is 0 Å². The molecule has 4 fully saturated rings. The fourth-order valence-electron chi connectivity index (χ4n) is 11.7. The zero-order valence-corrected chi connectivity index (χ0v) is 24.9. The average Bonchev–Trinajstić information content (AvgIpc) is 2.77. The van der Waals surface area contributed by atoms with Crippen LogP contribution in [-0.2, 0) is 0 Å². The first-order chi connectivity index (χ1) is 16.7. The van der Waals surface area contributed by atoms with Gasteiger partial charge in [0.05, 0.1) is 5.60 Å². The van der Waals surface area contributed by atoms with Crippen LogP contribution in [0.15, 0.2) is 24.3 Å². The maximum absolute atomic E-state index is 11.8. The Hall–Kier alpha value is -0.820. The van der Waals surface area contributed by atoms with Gasteiger partial charge in [-0.1, -0.05) is 77.8 Å². The van der Waals surface area contributed by atoms with Crippen LogP contribution < -0.4 is 0 Å². The molecule has 1 aromatic rings. The lowest BCUT2D eigenvalue weighted by atomic mass is 9.34. The molecule has 0 aromatic heterocycles. The van der Waals surface area contributed by atoms with E-state index in [1.165, 1.54) is 68.9 Å². The van der Waals surface area contributed by atoms with Crippen LogP contribution in [0, 0.1) is 52.3 Å². The van der Waals surface area contributed by atoms with Crippen LogP contribution in [0.3, 0.4) is 0 Å². The third-order valence-corrected chi connectivity index (χ3v) is 13.4. The lowest BCUT2D eigenvalue weighted by Gasteiger charge is -2.71. The van der Waals surface area contributed by atoms with Crippen LogP contribution >= 0.6 is 0 Å². The number of hydrogen-bond donors (Lipinski definition) is 1. The van der Waals surface area contributed by atoms with Gasteiger partial charge in [-0.3, -0.25) is 0 Å². The van der Waals surface area contributed by atoms with Gasteiger partial charge in [-0.2, -0.15) is 0 Å². The summed E-state index contributed by atoms with van der Waals surface area (Å²) in [6.45, 7) is 20.0. The molecular formula is C35H56O. The number of rotatable bonds is 4. The van der Waals surface area contributed by atoms with Gasteiger partial charge >= 0.3 is 0 Å². The van der Waals surface area contributed by atoms with Gasteiger partial charge in [-0.25, -0.2) is 0 Å². The van der Waals surface area contributed by atoms with E-state index in [2.05, 4.69) is 79.7 Å². The van der Waals surface area contributed by atoms with Crippen molar-refractivity contribution in [1.82, 2.24) is 0 Å². The predicted octanol–water partition coefficient (Wildman–Crippen LogP) is 9.70. The van der Waals surface area contributed by atoms with Crippen LogP contribution in [-0.4, -0.2) is 10.7 Å². The molecular weight excluding hydrogens is 436 g/mol. The fraction of sp³-hybridized carbons (Fsp3) is 0.829. The van der Waals surface area contributed by atoms with Crippen molar-refractivity contribution in [2.75, 3.05) is 0 Å². The zero-order valence-electron chi connectivity index (χ0n) is 24.9. The van der Waals surface area contributed by atoms with Gasteiger partial charge in [0.15, 0.2) is 0 Å². The quantitative estimate of drug-likeness (QED) is 0.443. The Bertz CT molecular complexity index is 942. The molecule has 0 saturated heterocycles. The molecule has 9 atom stereocenters. The summed E-state index contributed by atoms with van der Waals surface area (Å²) in [4.78, 5) is 0. The minimum Gasteiger partial charge on any atom is -0.390 e. The summed E-state index contributed by atoms with van der Waals surface area (Å²) in [5.74, 6) is 3.46. The molecule has 4 aliphatic rings. The van der Waals surface area contributed by atoms with Gasteiger partial charge < -0.3 is 5.11 Å². The summed E-state index contributed by atoms with van der Waals surface area (Å²) in [7, 11) is 0. The Morgan fingerprint density at radius 1 is 0.750 bits per heavy atom. The Balaban J connectivity index is 1.41. The van der Waals surface area contributed by atoms with Gasteiger partial charge in [0.1, 0.15) is 0 Å². The zero-order chi connectivity index (χ0) is 26.1. The first-order valence-electron chi connectivity index (χ1n) is 15.5. The molecule has 1 aromatic carbocycles. The highest BCUT2D eigenvalue weighted by molar-refractivity contribution is 5.24. The van der Waals surface area contributed by atoms with E-state index in [0.717, 1.165) is 30.6 Å². The number of benzene rings is 1. The second-order valence-corrected chi connectivity index (χ2v) is 15.9. The van der Waals surface area contributed by atoms with Crippen LogP contribution in [0.4, 0.5) is 0 Å². The SMILES string of the molecule is Cc1ccc(C(C)CCC2C(C)(O)CCC3C2(C)CCC2C4(C)CCCC(C)(C)C4CCC23C)cc1. The third-order valence-electron chi connectivity index (χ3n) is 13.4. The van der Waals surface area contributed by atoms with E-state index in [0.29, 0.717) is 28.1 Å². The summed E-state index contributed by atoms with van der Waals surface area (Å²) in [5.41, 5.74) is 3.96. The van der Waals surface area contributed by atoms with Gasteiger partial charge in [-0.15, -0.1) is 0 Å². The predicted molar refractivity (Wildman–Crippen MR) is 153 cm³/mol. The summed E-state index contributed by atoms with van der Waals surface area (Å²) in [6.07, 6.45) is 14.4. The lowest BCUT2D eigenvalue weighted by molar-refractivity contribution is -0.236. The molecule has 36 heavy (non-hydrogen) atoms. The normalized spacial score (nSPS) is 46.8. The van der Waals surface area contributed by atoms with Crippen molar-refractivity contribution in [3.05, 3.63) is 35.4 Å². The average molecular weight is 493 g/mol. The standard InChI is InChI=1S/C35H56O/c1-24-10-13-26(14-11-24)25(2)12-15-30-34(7)22-17-28-32(5)20-9-19-31(3,4)27(32)16-21-33(28,6)29(34)18-23-35(30,8)36/h10-11,13-14,25,27-30,36H,9,12,15-23H2,1-8H3. The minimum absolute atomic E-state index is 0.257. The molecule has 1 N–H and O–H groups in total. The minimum atomic E-state index is -0.532. The Labute approximate surface area is 223 Å². The lowest BCUT2D eigenvalue weighted by Crippen LogP contribution is -2.65. The molecule has 0 radical (unpaired) electrons. The number of aryl methyl sites for hydroxylation is 1. The van der Waals surface area contributed by atoms with E-state index in [9.17, 15) is 5.11 Å². The van der Waals surface area contributed by atoms with E-state index in [1.807, 2.05) is 0 Å². The summed E-state index contributed by atoms with van der Waals surface area (Å²) >= 11 is 0. The second kappa shape index (κ2) is 8.86.